The highest BCUT2D eigenvalue weighted by atomic mass is 32.1. The second-order valence-electron chi connectivity index (χ2n) is 6.58. The molecule has 8 nitrogen and oxygen atoms in total. The number of aromatic nitrogens is 6. The first-order valence-electron chi connectivity index (χ1n) is 9.38. The Morgan fingerprint density at radius 1 is 1.10 bits per heavy atom. The lowest BCUT2D eigenvalue weighted by molar-refractivity contribution is 0.0951. The Kier molecular flexibility index (Phi) is 4.78. The lowest BCUT2D eigenvalue weighted by Gasteiger charge is -2.03. The van der Waals surface area contributed by atoms with Gasteiger partial charge >= 0.3 is 0 Å². The molecule has 148 valence electrons. The van der Waals surface area contributed by atoms with Gasteiger partial charge in [-0.25, -0.2) is 15.0 Å². The van der Waals surface area contributed by atoms with Crippen LogP contribution >= 0.6 is 11.3 Å². The molecular weight excluding hydrogens is 398 g/mol. The monoisotopic (exact) mass is 415 g/mol. The predicted octanol–water partition coefficient (Wildman–Crippen LogP) is 3.01. The maximum absolute atomic E-state index is 12.9. The van der Waals surface area contributed by atoms with Gasteiger partial charge in [0.25, 0.3) is 5.91 Å². The summed E-state index contributed by atoms with van der Waals surface area (Å²) < 4.78 is 3.73. The van der Waals surface area contributed by atoms with Gasteiger partial charge in [-0.1, -0.05) is 6.07 Å². The molecule has 5 aromatic heterocycles. The topological polar surface area (TPSA) is 90.0 Å². The second-order valence-corrected chi connectivity index (χ2v) is 7.46. The minimum Gasteiger partial charge on any atom is -0.350 e. The molecule has 0 radical (unpaired) electrons. The Bertz CT molecular complexity index is 1290. The van der Waals surface area contributed by atoms with E-state index < -0.39 is 0 Å². The van der Waals surface area contributed by atoms with Crippen molar-refractivity contribution < 1.29 is 4.79 Å². The van der Waals surface area contributed by atoms with Crippen LogP contribution in [0, 0.1) is 0 Å². The lowest BCUT2D eigenvalue weighted by Crippen LogP contribution is -2.26. The van der Waals surface area contributed by atoms with Gasteiger partial charge in [-0.2, -0.15) is 0 Å². The zero-order chi connectivity index (χ0) is 20.3. The molecule has 0 aliphatic rings. The largest absolute Gasteiger partial charge is 0.350 e. The molecule has 9 heteroatoms. The number of rotatable bonds is 6. The van der Waals surface area contributed by atoms with Crippen molar-refractivity contribution in [3.8, 4) is 16.6 Å². The van der Waals surface area contributed by atoms with E-state index in [4.69, 9.17) is 0 Å². The summed E-state index contributed by atoms with van der Waals surface area (Å²) in [5, 5.41) is 5.70. The number of carbonyl (C=O) groups excluding carboxylic acids is 1. The minimum atomic E-state index is -0.210. The SMILES string of the molecule is O=C(NCCc1ccncc1)c1nc(-c2cn(-c3nccs3)cn2)n2ccccc12. The summed E-state index contributed by atoms with van der Waals surface area (Å²) in [5.41, 5.74) is 2.90. The zero-order valence-corrected chi connectivity index (χ0v) is 16.7. The number of amides is 1. The number of hydrogen-bond donors (Lipinski definition) is 1. The summed E-state index contributed by atoms with van der Waals surface area (Å²) in [6.07, 6.45) is 11.4. The van der Waals surface area contributed by atoms with Crippen molar-refractivity contribution in [1.82, 2.24) is 34.2 Å². The van der Waals surface area contributed by atoms with Gasteiger partial charge in [-0.15, -0.1) is 11.3 Å². The lowest BCUT2D eigenvalue weighted by atomic mass is 10.2. The Morgan fingerprint density at radius 3 is 2.83 bits per heavy atom. The van der Waals surface area contributed by atoms with Crippen LogP contribution in [0.15, 0.2) is 73.0 Å². The normalized spacial score (nSPS) is 11.1. The smallest absolute Gasteiger partial charge is 0.272 e. The van der Waals surface area contributed by atoms with E-state index in [0.29, 0.717) is 23.8 Å². The molecule has 0 bridgehead atoms. The number of thiazole rings is 1. The standard InChI is InChI=1S/C21H17N7OS/c29-20(23-9-6-15-4-7-22-8-5-15)18-17-3-1-2-11-28(17)19(26-18)16-13-27(14-25-16)21-24-10-12-30-21/h1-5,7-8,10-14H,6,9H2,(H,23,29). The summed E-state index contributed by atoms with van der Waals surface area (Å²) in [6.45, 7) is 0.517. The van der Waals surface area contributed by atoms with E-state index in [9.17, 15) is 4.79 Å². The first-order chi connectivity index (χ1) is 14.8. The molecule has 30 heavy (non-hydrogen) atoms. The number of carbonyl (C=O) groups is 1. The molecule has 0 atom stereocenters. The first-order valence-corrected chi connectivity index (χ1v) is 10.3. The third kappa shape index (κ3) is 3.46. The molecule has 0 aliphatic carbocycles. The van der Waals surface area contributed by atoms with Gasteiger partial charge in [0.2, 0.25) is 0 Å². The number of nitrogens with one attached hydrogen (secondary N) is 1. The van der Waals surface area contributed by atoms with Gasteiger partial charge in [0.1, 0.15) is 12.0 Å². The minimum absolute atomic E-state index is 0.210. The van der Waals surface area contributed by atoms with E-state index in [1.165, 1.54) is 11.3 Å². The Hall–Kier alpha value is -3.85. The van der Waals surface area contributed by atoms with Crippen molar-refractivity contribution in [2.45, 2.75) is 6.42 Å². The highest BCUT2D eigenvalue weighted by Crippen LogP contribution is 2.23. The van der Waals surface area contributed by atoms with Crippen LogP contribution in [0.2, 0.25) is 0 Å². The van der Waals surface area contributed by atoms with Gasteiger partial charge < -0.3 is 5.32 Å². The molecule has 0 aliphatic heterocycles. The fourth-order valence-corrected chi connectivity index (χ4v) is 3.81. The van der Waals surface area contributed by atoms with Crippen LogP contribution < -0.4 is 5.32 Å². The summed E-state index contributed by atoms with van der Waals surface area (Å²) >= 11 is 1.52. The van der Waals surface area contributed by atoms with Crippen molar-refractivity contribution >= 4 is 22.8 Å². The van der Waals surface area contributed by atoms with Crippen molar-refractivity contribution in [2.24, 2.45) is 0 Å². The number of pyridine rings is 2. The average Bonchev–Trinajstić information content (AvgIpc) is 3.53. The summed E-state index contributed by atoms with van der Waals surface area (Å²) in [7, 11) is 0. The quantitative estimate of drug-likeness (QED) is 0.460. The molecule has 0 spiro atoms. The Balaban J connectivity index is 1.42. The van der Waals surface area contributed by atoms with Crippen molar-refractivity contribution in [1.29, 1.82) is 0 Å². The van der Waals surface area contributed by atoms with Crippen molar-refractivity contribution in [2.75, 3.05) is 6.54 Å². The zero-order valence-electron chi connectivity index (χ0n) is 15.8. The highest BCUT2D eigenvalue weighted by Gasteiger charge is 2.19. The first kappa shape index (κ1) is 18.2. The molecular formula is C21H17N7OS. The van der Waals surface area contributed by atoms with Crippen LogP contribution in [0.4, 0.5) is 0 Å². The van der Waals surface area contributed by atoms with E-state index in [2.05, 4.69) is 25.3 Å². The molecule has 0 aromatic carbocycles. The van der Waals surface area contributed by atoms with Crippen molar-refractivity contribution in [3.63, 3.8) is 0 Å². The van der Waals surface area contributed by atoms with Crippen LogP contribution in [0.5, 0.6) is 0 Å². The fraction of sp³-hybridized carbons (Fsp3) is 0.0952. The Labute approximate surface area is 175 Å². The summed E-state index contributed by atoms with van der Waals surface area (Å²) in [6, 6.07) is 9.56. The van der Waals surface area contributed by atoms with Gasteiger partial charge in [-0.3, -0.25) is 18.7 Å². The van der Waals surface area contributed by atoms with Crippen LogP contribution in [-0.4, -0.2) is 41.4 Å². The van der Waals surface area contributed by atoms with Gasteiger partial charge in [-0.05, 0) is 36.2 Å². The molecule has 0 unspecified atom stereocenters. The number of hydrogen-bond acceptors (Lipinski definition) is 6. The van der Waals surface area contributed by atoms with Crippen molar-refractivity contribution in [3.05, 3.63) is 84.3 Å². The highest BCUT2D eigenvalue weighted by molar-refractivity contribution is 7.12. The number of nitrogens with zero attached hydrogens (tertiary/aromatic N) is 6. The van der Waals surface area contributed by atoms with Gasteiger partial charge in [0.15, 0.2) is 16.6 Å². The molecule has 0 fully saturated rings. The van der Waals surface area contributed by atoms with Gasteiger partial charge in [0, 0.05) is 42.9 Å². The Morgan fingerprint density at radius 2 is 2.00 bits per heavy atom. The third-order valence-corrected chi connectivity index (χ3v) is 5.45. The van der Waals surface area contributed by atoms with Gasteiger partial charge in [0.05, 0.1) is 5.52 Å². The molecule has 5 aromatic rings. The van der Waals surface area contributed by atoms with E-state index in [1.807, 2.05) is 57.1 Å². The molecule has 1 N–H and O–H groups in total. The van der Waals surface area contributed by atoms with E-state index >= 15 is 0 Å². The van der Waals surface area contributed by atoms with Crippen LogP contribution in [0.1, 0.15) is 16.1 Å². The average molecular weight is 415 g/mol. The molecule has 1 amide bonds. The maximum atomic E-state index is 12.9. The second kappa shape index (κ2) is 7.88. The third-order valence-electron chi connectivity index (χ3n) is 4.66. The predicted molar refractivity (Wildman–Crippen MR) is 114 cm³/mol. The fourth-order valence-electron chi connectivity index (χ4n) is 3.23. The molecule has 0 saturated heterocycles. The summed E-state index contributed by atoms with van der Waals surface area (Å²) in [4.78, 5) is 30.3. The van der Waals surface area contributed by atoms with E-state index in [-0.39, 0.29) is 5.91 Å². The summed E-state index contributed by atoms with van der Waals surface area (Å²) in [5.74, 6) is 0.401. The number of imidazole rings is 2. The molecule has 0 saturated carbocycles. The number of fused-ring (bicyclic) bond motifs is 1. The van der Waals surface area contributed by atoms with E-state index in [1.54, 1.807) is 24.9 Å². The van der Waals surface area contributed by atoms with Crippen LogP contribution in [0.3, 0.4) is 0 Å². The van der Waals surface area contributed by atoms with Crippen LogP contribution in [0.25, 0.3) is 22.2 Å². The van der Waals surface area contributed by atoms with Crippen LogP contribution in [-0.2, 0) is 6.42 Å². The molecule has 5 rings (SSSR count). The maximum Gasteiger partial charge on any atom is 0.272 e. The molecule has 5 heterocycles. The van der Waals surface area contributed by atoms with E-state index in [0.717, 1.165) is 22.6 Å².